The first-order valence-corrected chi connectivity index (χ1v) is 12.1. The lowest BCUT2D eigenvalue weighted by atomic mass is 9.87. The maximum Gasteiger partial charge on any atom is 0.168 e. The number of hydrogen-bond acceptors (Lipinski definition) is 2. The highest BCUT2D eigenvalue weighted by atomic mass is 19.1. The van der Waals surface area contributed by atoms with Gasteiger partial charge in [0.25, 0.3) is 0 Å². The average molecular weight is 409 g/mol. The van der Waals surface area contributed by atoms with Gasteiger partial charge in [0.2, 0.25) is 0 Å². The number of rotatable bonds is 18. The van der Waals surface area contributed by atoms with Gasteiger partial charge in [0, 0.05) is 19.1 Å². The minimum absolute atomic E-state index is 0.134. The molecule has 168 valence electrons. The van der Waals surface area contributed by atoms with Gasteiger partial charge in [-0.2, -0.15) is 0 Å². The number of unbranched alkanes of at least 4 members (excludes halogenated alkanes) is 7. The Kier molecular flexibility index (Phi) is 14.3. The van der Waals surface area contributed by atoms with E-state index in [0.717, 1.165) is 31.2 Å². The van der Waals surface area contributed by atoms with E-state index in [9.17, 15) is 4.39 Å². The van der Waals surface area contributed by atoms with Crippen molar-refractivity contribution in [1.82, 2.24) is 0 Å². The van der Waals surface area contributed by atoms with Crippen molar-refractivity contribution in [3.05, 3.63) is 35.6 Å². The predicted octanol–water partition coefficient (Wildman–Crippen LogP) is 8.08. The van der Waals surface area contributed by atoms with E-state index in [2.05, 4.69) is 27.7 Å². The molecule has 0 heterocycles. The third-order valence-corrected chi connectivity index (χ3v) is 5.92. The van der Waals surface area contributed by atoms with Crippen molar-refractivity contribution >= 4 is 0 Å². The molecule has 2 nitrogen and oxygen atoms in total. The summed E-state index contributed by atoms with van der Waals surface area (Å²) in [5, 5.41) is 0. The van der Waals surface area contributed by atoms with Crippen molar-refractivity contribution < 1.29 is 13.9 Å². The highest BCUT2D eigenvalue weighted by molar-refractivity contribution is 5.16. The highest BCUT2D eigenvalue weighted by Gasteiger charge is 2.34. The zero-order valence-corrected chi connectivity index (χ0v) is 19.5. The second kappa shape index (κ2) is 15.8. The highest BCUT2D eigenvalue weighted by Crippen LogP contribution is 2.33. The predicted molar refractivity (Wildman–Crippen MR) is 122 cm³/mol. The summed E-state index contributed by atoms with van der Waals surface area (Å²) in [6, 6.07) is 6.99. The topological polar surface area (TPSA) is 18.5 Å². The first-order valence-electron chi connectivity index (χ1n) is 12.1. The van der Waals surface area contributed by atoms with Gasteiger partial charge in [-0.05, 0) is 64.2 Å². The van der Waals surface area contributed by atoms with E-state index < -0.39 is 5.79 Å². The maximum absolute atomic E-state index is 13.3. The molecular formula is C26H45FO2. The van der Waals surface area contributed by atoms with Crippen LogP contribution in [0.2, 0.25) is 0 Å². The van der Waals surface area contributed by atoms with E-state index in [4.69, 9.17) is 9.47 Å². The Morgan fingerprint density at radius 3 is 2.00 bits per heavy atom. The first-order chi connectivity index (χ1) is 14.1. The molecule has 0 spiro atoms. The van der Waals surface area contributed by atoms with Crippen LogP contribution in [0.3, 0.4) is 0 Å². The fraction of sp³-hybridized carbons (Fsp3) is 0.769. The molecule has 0 fully saturated rings. The summed E-state index contributed by atoms with van der Waals surface area (Å²) in [6.07, 6.45) is 14.6. The van der Waals surface area contributed by atoms with Gasteiger partial charge < -0.3 is 9.47 Å². The van der Waals surface area contributed by atoms with E-state index >= 15 is 0 Å². The normalized spacial score (nSPS) is 13.0. The van der Waals surface area contributed by atoms with Crippen molar-refractivity contribution in [1.29, 1.82) is 0 Å². The van der Waals surface area contributed by atoms with Gasteiger partial charge >= 0.3 is 0 Å². The van der Waals surface area contributed by atoms with Crippen molar-refractivity contribution in [3.8, 4) is 0 Å². The van der Waals surface area contributed by atoms with Crippen molar-refractivity contribution in [2.45, 2.75) is 111 Å². The molecule has 0 saturated carbocycles. The molecule has 0 saturated heterocycles. The lowest BCUT2D eigenvalue weighted by Gasteiger charge is -2.37. The monoisotopic (exact) mass is 408 g/mol. The zero-order valence-electron chi connectivity index (χ0n) is 19.5. The van der Waals surface area contributed by atoms with Crippen molar-refractivity contribution in [2.75, 3.05) is 13.2 Å². The molecule has 29 heavy (non-hydrogen) atoms. The number of ether oxygens (including phenoxy) is 2. The third-order valence-electron chi connectivity index (χ3n) is 5.92. The minimum atomic E-state index is -0.477. The van der Waals surface area contributed by atoms with Gasteiger partial charge in [-0.15, -0.1) is 0 Å². The molecule has 1 rings (SSSR count). The molecular weight excluding hydrogens is 363 g/mol. The number of benzene rings is 1. The zero-order chi connectivity index (χ0) is 21.4. The maximum atomic E-state index is 13.3. The molecule has 1 atom stereocenters. The Morgan fingerprint density at radius 2 is 1.41 bits per heavy atom. The summed E-state index contributed by atoms with van der Waals surface area (Å²) in [7, 11) is 0. The summed E-state index contributed by atoms with van der Waals surface area (Å²) >= 11 is 0. The fourth-order valence-corrected chi connectivity index (χ4v) is 4.28. The van der Waals surface area contributed by atoms with Crippen LogP contribution >= 0.6 is 0 Å². The van der Waals surface area contributed by atoms with Gasteiger partial charge in [0.15, 0.2) is 5.79 Å². The molecule has 0 aliphatic rings. The van der Waals surface area contributed by atoms with Crippen molar-refractivity contribution in [3.63, 3.8) is 0 Å². The first kappa shape index (κ1) is 26.1. The summed E-state index contributed by atoms with van der Waals surface area (Å²) in [5.74, 6) is -0.177. The molecule has 0 N–H and O–H groups in total. The molecule has 1 aromatic carbocycles. The Labute approximate surface area is 179 Å². The van der Waals surface area contributed by atoms with E-state index in [-0.39, 0.29) is 5.82 Å². The standard InChI is InChI=1S/C26H45FO2/c1-5-8-9-10-11-14-19-24(26(4,28-6-2)29-7-3)20-15-12-13-17-23-18-16-21-25(27)22-23/h16,18,21-22,24H,5-15,17,19-20H2,1-4H3. The van der Waals surface area contributed by atoms with Crippen LogP contribution in [0.15, 0.2) is 24.3 Å². The van der Waals surface area contributed by atoms with E-state index in [1.807, 2.05) is 6.07 Å². The van der Waals surface area contributed by atoms with Gasteiger partial charge in [-0.25, -0.2) is 4.39 Å². The lowest BCUT2D eigenvalue weighted by molar-refractivity contribution is -0.254. The summed E-state index contributed by atoms with van der Waals surface area (Å²) in [5.41, 5.74) is 1.10. The Balaban J connectivity index is 2.46. The van der Waals surface area contributed by atoms with Crippen molar-refractivity contribution in [2.24, 2.45) is 5.92 Å². The van der Waals surface area contributed by atoms with Gasteiger partial charge in [-0.3, -0.25) is 0 Å². The smallest absolute Gasteiger partial charge is 0.168 e. The van der Waals surface area contributed by atoms with Crippen LogP contribution in [0.1, 0.15) is 104 Å². The summed E-state index contributed by atoms with van der Waals surface area (Å²) in [6.45, 7) is 9.87. The Bertz CT molecular complexity index is 511. The summed E-state index contributed by atoms with van der Waals surface area (Å²) in [4.78, 5) is 0. The van der Waals surface area contributed by atoms with Gasteiger partial charge in [0.05, 0.1) is 0 Å². The fourth-order valence-electron chi connectivity index (χ4n) is 4.28. The van der Waals surface area contributed by atoms with E-state index in [0.29, 0.717) is 19.1 Å². The molecule has 1 unspecified atom stereocenters. The number of aryl methyl sites for hydroxylation is 1. The SMILES string of the molecule is CCCCCCCCC(CCCCCc1cccc(F)c1)C(C)(OCC)OCC. The quantitative estimate of drug-likeness (QED) is 0.180. The summed E-state index contributed by atoms with van der Waals surface area (Å²) < 4.78 is 25.5. The van der Waals surface area contributed by atoms with Crippen LogP contribution in [0.4, 0.5) is 4.39 Å². The second-order valence-corrected chi connectivity index (χ2v) is 8.36. The molecule has 0 aromatic heterocycles. The van der Waals surface area contributed by atoms with Crippen LogP contribution < -0.4 is 0 Å². The molecule has 0 amide bonds. The molecule has 0 aliphatic heterocycles. The van der Waals surface area contributed by atoms with E-state index in [1.165, 1.54) is 57.4 Å². The van der Waals surface area contributed by atoms with Crippen LogP contribution in [0.25, 0.3) is 0 Å². The number of halogens is 1. The van der Waals surface area contributed by atoms with Crippen LogP contribution in [0.5, 0.6) is 0 Å². The minimum Gasteiger partial charge on any atom is -0.350 e. The average Bonchev–Trinajstić information content (AvgIpc) is 2.69. The Hall–Kier alpha value is -0.930. The molecule has 1 aromatic rings. The van der Waals surface area contributed by atoms with Gasteiger partial charge in [-0.1, -0.05) is 70.4 Å². The molecule has 0 aliphatic carbocycles. The molecule has 0 bridgehead atoms. The largest absolute Gasteiger partial charge is 0.350 e. The second-order valence-electron chi connectivity index (χ2n) is 8.36. The third kappa shape index (κ3) is 11.1. The van der Waals surface area contributed by atoms with Gasteiger partial charge in [0.1, 0.15) is 5.82 Å². The Morgan fingerprint density at radius 1 is 0.828 bits per heavy atom. The van der Waals surface area contributed by atoms with Crippen LogP contribution in [-0.2, 0) is 15.9 Å². The van der Waals surface area contributed by atoms with Crippen LogP contribution in [0, 0.1) is 11.7 Å². The van der Waals surface area contributed by atoms with E-state index in [1.54, 1.807) is 12.1 Å². The number of hydrogen-bond donors (Lipinski definition) is 0. The molecule has 0 radical (unpaired) electrons. The molecule has 3 heteroatoms. The van der Waals surface area contributed by atoms with Crippen LogP contribution in [-0.4, -0.2) is 19.0 Å². The lowest BCUT2D eigenvalue weighted by Crippen LogP contribution is -2.41.